The van der Waals surface area contributed by atoms with Crippen molar-refractivity contribution >= 4 is 33.9 Å². The van der Waals surface area contributed by atoms with Crippen LogP contribution in [0.2, 0.25) is 0 Å². The first-order chi connectivity index (χ1) is 16.1. The van der Waals surface area contributed by atoms with Crippen LogP contribution in [-0.2, 0) is 17.9 Å². The summed E-state index contributed by atoms with van der Waals surface area (Å²) in [6, 6.07) is 27.5. The van der Waals surface area contributed by atoms with Crippen LogP contribution in [0.3, 0.4) is 0 Å². The summed E-state index contributed by atoms with van der Waals surface area (Å²) in [6.45, 7) is 5.09. The first-order valence-corrected chi connectivity index (χ1v) is 11.7. The number of hydrogen-bond donors (Lipinski definition) is 0. The Morgan fingerprint density at radius 1 is 0.818 bits per heavy atom. The van der Waals surface area contributed by atoms with E-state index in [4.69, 9.17) is 0 Å². The van der Waals surface area contributed by atoms with E-state index in [2.05, 4.69) is 6.58 Å². The van der Waals surface area contributed by atoms with Gasteiger partial charge in [0.2, 0.25) is 5.91 Å². The van der Waals surface area contributed by atoms with Crippen molar-refractivity contribution in [2.24, 2.45) is 0 Å². The van der Waals surface area contributed by atoms with Crippen molar-refractivity contribution in [3.05, 3.63) is 119 Å². The van der Waals surface area contributed by atoms with E-state index in [1.807, 2.05) is 95.2 Å². The fourth-order valence-corrected chi connectivity index (χ4v) is 4.49. The fourth-order valence-electron chi connectivity index (χ4n) is 3.77. The van der Waals surface area contributed by atoms with Crippen LogP contribution in [0.4, 0.5) is 0 Å². The minimum Gasteiger partial charge on any atom is -0.332 e. The van der Waals surface area contributed by atoms with Crippen LogP contribution in [0.25, 0.3) is 10.8 Å². The Balaban J connectivity index is 1.54. The summed E-state index contributed by atoms with van der Waals surface area (Å²) >= 11 is 1.62. The van der Waals surface area contributed by atoms with Crippen LogP contribution in [0.5, 0.6) is 0 Å². The van der Waals surface area contributed by atoms with Crippen molar-refractivity contribution in [2.45, 2.75) is 13.1 Å². The van der Waals surface area contributed by atoms with Gasteiger partial charge in [0.15, 0.2) is 0 Å². The second-order valence-corrected chi connectivity index (χ2v) is 8.88. The molecule has 1 aromatic heterocycles. The second-order valence-electron chi connectivity index (χ2n) is 7.85. The molecule has 0 aliphatic carbocycles. The van der Waals surface area contributed by atoms with Gasteiger partial charge >= 0.3 is 0 Å². The number of carbonyl (C=O) groups is 2. The molecule has 0 fully saturated rings. The Bertz CT molecular complexity index is 1240. The molecule has 0 atom stereocenters. The number of hydrogen-bond acceptors (Lipinski definition) is 3. The first kappa shape index (κ1) is 22.5. The minimum absolute atomic E-state index is 0.00408. The van der Waals surface area contributed by atoms with E-state index in [0.29, 0.717) is 25.2 Å². The van der Waals surface area contributed by atoms with Gasteiger partial charge in [0.05, 0.1) is 6.54 Å². The van der Waals surface area contributed by atoms with Crippen LogP contribution in [0, 0.1) is 0 Å². The van der Waals surface area contributed by atoms with Gasteiger partial charge < -0.3 is 9.80 Å². The quantitative estimate of drug-likeness (QED) is 0.302. The summed E-state index contributed by atoms with van der Waals surface area (Å²) in [5, 5.41) is 4.08. The van der Waals surface area contributed by atoms with Gasteiger partial charge in [-0.2, -0.15) is 0 Å². The minimum atomic E-state index is -0.176. The lowest BCUT2D eigenvalue weighted by atomic mass is 10.1. The normalized spacial score (nSPS) is 10.7. The first-order valence-electron chi connectivity index (χ1n) is 10.9. The monoisotopic (exact) mass is 454 g/mol. The van der Waals surface area contributed by atoms with Gasteiger partial charge in [-0.05, 0) is 39.9 Å². The van der Waals surface area contributed by atoms with Crippen molar-refractivity contribution in [3.8, 4) is 0 Å². The van der Waals surface area contributed by atoms with E-state index in [9.17, 15) is 9.59 Å². The van der Waals surface area contributed by atoms with E-state index < -0.39 is 0 Å². The van der Waals surface area contributed by atoms with Crippen LogP contribution in [-0.4, -0.2) is 34.7 Å². The van der Waals surface area contributed by atoms with Gasteiger partial charge in [0.25, 0.3) is 5.91 Å². The summed E-state index contributed by atoms with van der Waals surface area (Å²) in [6.07, 6.45) is 1.66. The molecule has 3 aromatic carbocycles. The average Bonchev–Trinajstić information content (AvgIpc) is 3.36. The molecule has 0 bridgehead atoms. The van der Waals surface area contributed by atoms with Gasteiger partial charge in [0.1, 0.15) is 6.54 Å². The Kier molecular flexibility index (Phi) is 7.33. The molecule has 166 valence electrons. The van der Waals surface area contributed by atoms with Crippen LogP contribution < -0.4 is 0 Å². The molecule has 4 aromatic rings. The smallest absolute Gasteiger partial charge is 0.254 e. The summed E-state index contributed by atoms with van der Waals surface area (Å²) in [7, 11) is 0. The van der Waals surface area contributed by atoms with Crippen LogP contribution in [0.1, 0.15) is 20.8 Å². The third kappa shape index (κ3) is 5.76. The number of carbonyl (C=O) groups excluding carboxylic acids is 2. The average molecular weight is 455 g/mol. The number of thiophene rings is 1. The topological polar surface area (TPSA) is 40.6 Å². The van der Waals surface area contributed by atoms with Crippen molar-refractivity contribution in [1.29, 1.82) is 0 Å². The van der Waals surface area contributed by atoms with E-state index in [1.165, 1.54) is 0 Å². The highest BCUT2D eigenvalue weighted by molar-refractivity contribution is 7.09. The molecule has 4 rings (SSSR count). The SMILES string of the molecule is C=CCN(CC(=O)N(Cc1ccccc1)Cc1cccs1)C(=O)c1ccc2ccccc2c1. The zero-order valence-corrected chi connectivity index (χ0v) is 19.2. The van der Waals surface area contributed by atoms with Gasteiger partial charge in [-0.1, -0.05) is 72.8 Å². The van der Waals surface area contributed by atoms with Crippen molar-refractivity contribution < 1.29 is 9.59 Å². The highest BCUT2D eigenvalue weighted by Gasteiger charge is 2.22. The molecule has 0 N–H and O–H groups in total. The van der Waals surface area contributed by atoms with Crippen molar-refractivity contribution in [1.82, 2.24) is 9.80 Å². The van der Waals surface area contributed by atoms with E-state index in [0.717, 1.165) is 21.2 Å². The molecule has 0 unspecified atom stereocenters. The number of amides is 2. The summed E-state index contributed by atoms with van der Waals surface area (Å²) in [5.74, 6) is -0.270. The zero-order valence-electron chi connectivity index (χ0n) is 18.4. The highest BCUT2D eigenvalue weighted by atomic mass is 32.1. The predicted octanol–water partition coefficient (Wildman–Crippen LogP) is 5.76. The molecule has 33 heavy (non-hydrogen) atoms. The number of nitrogens with zero attached hydrogens (tertiary/aromatic N) is 2. The van der Waals surface area contributed by atoms with Crippen molar-refractivity contribution in [3.63, 3.8) is 0 Å². The molecule has 0 saturated carbocycles. The lowest BCUT2D eigenvalue weighted by Gasteiger charge is -2.27. The largest absolute Gasteiger partial charge is 0.332 e. The molecule has 0 aliphatic rings. The maximum atomic E-state index is 13.4. The number of rotatable bonds is 9. The molecule has 0 aliphatic heterocycles. The number of benzene rings is 3. The number of fused-ring (bicyclic) bond motifs is 1. The Labute approximate surface area is 198 Å². The fraction of sp³-hybridized carbons (Fsp3) is 0.143. The summed E-state index contributed by atoms with van der Waals surface area (Å²) in [4.78, 5) is 31.2. The van der Waals surface area contributed by atoms with E-state index in [1.54, 1.807) is 22.3 Å². The summed E-state index contributed by atoms with van der Waals surface area (Å²) < 4.78 is 0. The molecule has 0 spiro atoms. The Hall–Kier alpha value is -3.70. The Morgan fingerprint density at radius 3 is 2.30 bits per heavy atom. The van der Waals surface area contributed by atoms with Gasteiger partial charge in [-0.15, -0.1) is 17.9 Å². The van der Waals surface area contributed by atoms with E-state index in [-0.39, 0.29) is 18.4 Å². The Morgan fingerprint density at radius 2 is 1.58 bits per heavy atom. The van der Waals surface area contributed by atoms with Gasteiger partial charge in [-0.25, -0.2) is 0 Å². The molecular weight excluding hydrogens is 428 g/mol. The molecule has 0 radical (unpaired) electrons. The van der Waals surface area contributed by atoms with Crippen molar-refractivity contribution in [2.75, 3.05) is 13.1 Å². The van der Waals surface area contributed by atoms with Gasteiger partial charge in [0, 0.05) is 23.5 Å². The zero-order chi connectivity index (χ0) is 23.0. The predicted molar refractivity (Wildman–Crippen MR) is 135 cm³/mol. The summed E-state index contributed by atoms with van der Waals surface area (Å²) in [5.41, 5.74) is 1.62. The lowest BCUT2D eigenvalue weighted by molar-refractivity contribution is -0.133. The molecule has 4 nitrogen and oxygen atoms in total. The van der Waals surface area contributed by atoms with E-state index >= 15 is 0 Å². The van der Waals surface area contributed by atoms with Crippen LogP contribution in [0.15, 0.2) is 103 Å². The lowest BCUT2D eigenvalue weighted by Crippen LogP contribution is -2.42. The molecule has 2 amide bonds. The third-order valence-corrected chi connectivity index (χ3v) is 6.32. The van der Waals surface area contributed by atoms with Crippen LogP contribution >= 0.6 is 11.3 Å². The highest BCUT2D eigenvalue weighted by Crippen LogP contribution is 2.18. The molecule has 1 heterocycles. The molecule has 0 saturated heterocycles. The maximum absolute atomic E-state index is 13.4. The molecular formula is C28H26N2O2S. The van der Waals surface area contributed by atoms with Gasteiger partial charge in [-0.3, -0.25) is 9.59 Å². The maximum Gasteiger partial charge on any atom is 0.254 e. The third-order valence-electron chi connectivity index (χ3n) is 5.45. The standard InChI is InChI=1S/C28H26N2O2S/c1-2-16-29(28(32)25-15-14-23-11-6-7-12-24(23)18-25)21-27(31)30(20-26-13-8-17-33-26)19-22-9-4-3-5-10-22/h2-15,17-18H,1,16,19-21H2. The second kappa shape index (κ2) is 10.7. The molecule has 5 heteroatoms.